The second kappa shape index (κ2) is 5.79. The van der Waals surface area contributed by atoms with Crippen molar-refractivity contribution in [2.75, 3.05) is 0 Å². The maximum atomic E-state index is 11.9. The predicted molar refractivity (Wildman–Crippen MR) is 76.2 cm³/mol. The zero-order chi connectivity index (χ0) is 14.9. The lowest BCUT2D eigenvalue weighted by molar-refractivity contribution is 0.0729. The summed E-state index contributed by atoms with van der Waals surface area (Å²) >= 11 is 17.1. The molecule has 0 atom stereocenters. The minimum atomic E-state index is -0.749. The van der Waals surface area contributed by atoms with E-state index >= 15 is 0 Å². The van der Waals surface area contributed by atoms with Gasteiger partial charge in [0.1, 0.15) is 5.02 Å². The van der Waals surface area contributed by atoms with Crippen molar-refractivity contribution in [2.24, 2.45) is 0 Å². The van der Waals surface area contributed by atoms with E-state index in [1.807, 2.05) is 0 Å². The molecule has 0 aliphatic heterocycles. The highest BCUT2D eigenvalue weighted by molar-refractivity contribution is 6.38. The summed E-state index contributed by atoms with van der Waals surface area (Å²) in [6.45, 7) is 0. The Morgan fingerprint density at radius 2 is 1.75 bits per heavy atom. The average molecular weight is 334 g/mol. The van der Waals surface area contributed by atoms with Gasteiger partial charge in [0, 0.05) is 11.1 Å². The molecule has 0 saturated carbocycles. The first kappa shape index (κ1) is 14.8. The van der Waals surface area contributed by atoms with E-state index in [1.54, 1.807) is 12.1 Å². The molecule has 20 heavy (non-hydrogen) atoms. The second-order valence-corrected chi connectivity index (χ2v) is 4.99. The second-order valence-electron chi connectivity index (χ2n) is 3.77. The van der Waals surface area contributed by atoms with E-state index in [0.29, 0.717) is 5.02 Å². The van der Waals surface area contributed by atoms with Crippen LogP contribution in [0, 0.1) is 0 Å². The predicted octanol–water partition coefficient (Wildman–Crippen LogP) is 4.28. The molecule has 2 aromatic rings. The highest BCUT2D eigenvalue weighted by atomic mass is 35.5. The standard InChI is InChI=1S/C13H7Cl3O4/c14-7-3-1-2-6(4-7)13(19)20-9-5-8(15)11(17)10(16)12(9)18/h1-5,17-18H. The van der Waals surface area contributed by atoms with Crippen LogP contribution >= 0.6 is 34.8 Å². The summed E-state index contributed by atoms with van der Waals surface area (Å²) in [6, 6.07) is 7.17. The summed E-state index contributed by atoms with van der Waals surface area (Å²) in [5, 5.41) is 18.9. The van der Waals surface area contributed by atoms with Crippen LogP contribution in [0.15, 0.2) is 30.3 Å². The molecule has 0 unspecified atom stereocenters. The first-order chi connectivity index (χ1) is 9.40. The fourth-order valence-corrected chi connectivity index (χ4v) is 2.06. The van der Waals surface area contributed by atoms with Crippen molar-refractivity contribution in [1.29, 1.82) is 0 Å². The van der Waals surface area contributed by atoms with Crippen LogP contribution in [-0.2, 0) is 0 Å². The molecule has 0 aliphatic carbocycles. The Bertz CT molecular complexity index is 686. The lowest BCUT2D eigenvalue weighted by atomic mass is 10.2. The zero-order valence-corrected chi connectivity index (χ0v) is 12.0. The summed E-state index contributed by atoms with van der Waals surface area (Å²) in [5.74, 6) is -2.08. The van der Waals surface area contributed by atoms with Gasteiger partial charge in [-0.3, -0.25) is 0 Å². The minimum Gasteiger partial charge on any atom is -0.505 e. The lowest BCUT2D eigenvalue weighted by Crippen LogP contribution is -2.08. The van der Waals surface area contributed by atoms with Gasteiger partial charge in [-0.1, -0.05) is 40.9 Å². The van der Waals surface area contributed by atoms with Crippen LogP contribution in [0.4, 0.5) is 0 Å². The summed E-state index contributed by atoms with van der Waals surface area (Å²) in [5.41, 5.74) is 0.192. The SMILES string of the molecule is O=C(Oc1cc(Cl)c(O)c(Cl)c1O)c1cccc(Cl)c1. The number of hydrogen-bond donors (Lipinski definition) is 2. The van der Waals surface area contributed by atoms with Crippen LogP contribution in [0.1, 0.15) is 10.4 Å². The highest BCUT2D eigenvalue weighted by Crippen LogP contribution is 2.44. The van der Waals surface area contributed by atoms with Crippen LogP contribution in [-0.4, -0.2) is 16.2 Å². The molecule has 0 bridgehead atoms. The Morgan fingerprint density at radius 3 is 2.40 bits per heavy atom. The Hall–Kier alpha value is -1.62. The van der Waals surface area contributed by atoms with E-state index < -0.39 is 22.5 Å². The molecular weight excluding hydrogens is 326 g/mol. The number of halogens is 3. The van der Waals surface area contributed by atoms with Gasteiger partial charge >= 0.3 is 5.97 Å². The first-order valence-electron chi connectivity index (χ1n) is 5.28. The number of hydrogen-bond acceptors (Lipinski definition) is 4. The molecule has 2 rings (SSSR count). The van der Waals surface area contributed by atoms with Crippen molar-refractivity contribution in [2.45, 2.75) is 0 Å². The molecule has 0 aromatic heterocycles. The topological polar surface area (TPSA) is 66.8 Å². The van der Waals surface area contributed by atoms with Crippen LogP contribution in [0.3, 0.4) is 0 Å². The quantitative estimate of drug-likeness (QED) is 0.636. The van der Waals surface area contributed by atoms with Crippen molar-refractivity contribution in [3.05, 3.63) is 51.0 Å². The van der Waals surface area contributed by atoms with E-state index in [0.717, 1.165) is 6.07 Å². The van der Waals surface area contributed by atoms with Crippen molar-refractivity contribution >= 4 is 40.8 Å². The molecule has 2 N–H and O–H groups in total. The number of benzene rings is 2. The summed E-state index contributed by atoms with van der Waals surface area (Å²) in [6.07, 6.45) is 0. The van der Waals surface area contributed by atoms with E-state index in [-0.39, 0.29) is 16.3 Å². The molecule has 7 heteroatoms. The highest BCUT2D eigenvalue weighted by Gasteiger charge is 2.19. The third kappa shape index (κ3) is 2.93. The van der Waals surface area contributed by atoms with Crippen molar-refractivity contribution in [1.82, 2.24) is 0 Å². The van der Waals surface area contributed by atoms with E-state index in [9.17, 15) is 15.0 Å². The van der Waals surface area contributed by atoms with Gasteiger partial charge in [-0.25, -0.2) is 4.79 Å². The van der Waals surface area contributed by atoms with Gasteiger partial charge < -0.3 is 14.9 Å². The monoisotopic (exact) mass is 332 g/mol. The molecule has 0 saturated heterocycles. The fourth-order valence-electron chi connectivity index (χ4n) is 1.43. The minimum absolute atomic E-state index is 0.151. The smallest absolute Gasteiger partial charge is 0.343 e. The lowest BCUT2D eigenvalue weighted by Gasteiger charge is -2.09. The molecule has 0 fully saturated rings. The van der Waals surface area contributed by atoms with Crippen LogP contribution in [0.2, 0.25) is 15.1 Å². The molecule has 0 spiro atoms. The van der Waals surface area contributed by atoms with Gasteiger partial charge in [-0.2, -0.15) is 0 Å². The summed E-state index contributed by atoms with van der Waals surface area (Å²) < 4.78 is 4.98. The van der Waals surface area contributed by atoms with Crippen molar-refractivity contribution in [3.8, 4) is 17.2 Å². The largest absolute Gasteiger partial charge is 0.505 e. The van der Waals surface area contributed by atoms with Gasteiger partial charge in [0.2, 0.25) is 0 Å². The van der Waals surface area contributed by atoms with Crippen molar-refractivity contribution < 1.29 is 19.7 Å². The Kier molecular flexibility index (Phi) is 4.28. The number of ether oxygens (including phenoxy) is 1. The molecule has 104 valence electrons. The maximum Gasteiger partial charge on any atom is 0.343 e. The van der Waals surface area contributed by atoms with Crippen LogP contribution in [0.5, 0.6) is 17.2 Å². The van der Waals surface area contributed by atoms with Gasteiger partial charge in [0.15, 0.2) is 17.2 Å². The van der Waals surface area contributed by atoms with Gasteiger partial charge in [0.25, 0.3) is 0 Å². The fraction of sp³-hybridized carbons (Fsp3) is 0. The number of esters is 1. The van der Waals surface area contributed by atoms with E-state index in [4.69, 9.17) is 39.5 Å². The van der Waals surface area contributed by atoms with Crippen LogP contribution < -0.4 is 4.74 Å². The number of aromatic hydroxyl groups is 2. The molecular formula is C13H7Cl3O4. The van der Waals surface area contributed by atoms with Crippen LogP contribution in [0.25, 0.3) is 0 Å². The molecule has 2 aromatic carbocycles. The third-order valence-electron chi connectivity index (χ3n) is 2.40. The van der Waals surface area contributed by atoms with Gasteiger partial charge in [-0.05, 0) is 18.2 Å². The average Bonchev–Trinajstić information content (AvgIpc) is 2.42. The Balaban J connectivity index is 2.33. The zero-order valence-electron chi connectivity index (χ0n) is 9.73. The number of carbonyl (C=O) groups excluding carboxylic acids is 1. The number of rotatable bonds is 2. The number of phenols is 2. The summed E-state index contributed by atoms with van der Waals surface area (Å²) in [4.78, 5) is 11.9. The normalized spacial score (nSPS) is 10.3. The first-order valence-corrected chi connectivity index (χ1v) is 6.41. The van der Waals surface area contributed by atoms with Gasteiger partial charge in [0.05, 0.1) is 10.6 Å². The van der Waals surface area contributed by atoms with E-state index in [2.05, 4.69) is 0 Å². The Morgan fingerprint density at radius 1 is 1.05 bits per heavy atom. The molecule has 4 nitrogen and oxygen atoms in total. The molecule has 0 heterocycles. The molecule has 0 amide bonds. The molecule has 0 radical (unpaired) electrons. The van der Waals surface area contributed by atoms with Gasteiger partial charge in [-0.15, -0.1) is 0 Å². The summed E-state index contributed by atoms with van der Waals surface area (Å²) in [7, 11) is 0. The maximum absolute atomic E-state index is 11.9. The third-order valence-corrected chi connectivity index (χ3v) is 3.28. The Labute approximate surface area is 129 Å². The number of phenolic OH excluding ortho intramolecular Hbond substituents is 2. The van der Waals surface area contributed by atoms with E-state index in [1.165, 1.54) is 12.1 Å². The number of carbonyl (C=O) groups is 1. The van der Waals surface area contributed by atoms with Crippen molar-refractivity contribution in [3.63, 3.8) is 0 Å². The molecule has 0 aliphatic rings.